The van der Waals surface area contributed by atoms with Crippen LogP contribution in [0.2, 0.25) is 0 Å². The lowest BCUT2D eigenvalue weighted by Crippen LogP contribution is -2.41. The SMILES string of the molecule is CCOC(=O)C(OC)(c1ccc(OC)cc1)C1CC1. The van der Waals surface area contributed by atoms with E-state index in [1.807, 2.05) is 24.3 Å². The Hall–Kier alpha value is -1.55. The Labute approximate surface area is 113 Å². The summed E-state index contributed by atoms with van der Waals surface area (Å²) in [5, 5.41) is 0. The Morgan fingerprint density at radius 1 is 1.26 bits per heavy atom. The van der Waals surface area contributed by atoms with Crippen molar-refractivity contribution >= 4 is 5.97 Å². The van der Waals surface area contributed by atoms with Crippen molar-refractivity contribution in [2.45, 2.75) is 25.4 Å². The van der Waals surface area contributed by atoms with Crippen molar-refractivity contribution in [2.75, 3.05) is 20.8 Å². The van der Waals surface area contributed by atoms with Crippen LogP contribution in [0.1, 0.15) is 25.3 Å². The monoisotopic (exact) mass is 264 g/mol. The molecule has 0 heterocycles. The number of esters is 1. The van der Waals surface area contributed by atoms with E-state index in [2.05, 4.69) is 0 Å². The van der Waals surface area contributed by atoms with E-state index in [-0.39, 0.29) is 11.9 Å². The maximum atomic E-state index is 12.4. The van der Waals surface area contributed by atoms with Gasteiger partial charge < -0.3 is 14.2 Å². The number of ether oxygens (including phenoxy) is 3. The lowest BCUT2D eigenvalue weighted by molar-refractivity contribution is -0.173. The molecule has 0 spiro atoms. The summed E-state index contributed by atoms with van der Waals surface area (Å²) in [6.07, 6.45) is 1.97. The maximum absolute atomic E-state index is 12.4. The van der Waals surface area contributed by atoms with E-state index in [9.17, 15) is 4.79 Å². The molecule has 1 aromatic rings. The van der Waals surface area contributed by atoms with Crippen molar-refractivity contribution < 1.29 is 19.0 Å². The van der Waals surface area contributed by atoms with E-state index in [1.54, 1.807) is 21.1 Å². The van der Waals surface area contributed by atoms with Crippen molar-refractivity contribution in [2.24, 2.45) is 5.92 Å². The molecule has 0 aliphatic heterocycles. The molecule has 1 aromatic carbocycles. The molecule has 1 saturated carbocycles. The highest BCUT2D eigenvalue weighted by Crippen LogP contribution is 2.49. The van der Waals surface area contributed by atoms with Crippen LogP contribution in [0.25, 0.3) is 0 Å². The summed E-state index contributed by atoms with van der Waals surface area (Å²) in [5.74, 6) is 0.656. The number of benzene rings is 1. The fourth-order valence-electron chi connectivity index (χ4n) is 2.45. The second-order valence-corrected chi connectivity index (χ2v) is 4.66. The number of carbonyl (C=O) groups excluding carboxylic acids is 1. The van der Waals surface area contributed by atoms with Gasteiger partial charge in [0.2, 0.25) is 0 Å². The molecule has 0 saturated heterocycles. The number of rotatable bonds is 6. The Balaban J connectivity index is 2.38. The molecule has 0 bridgehead atoms. The molecule has 4 nitrogen and oxygen atoms in total. The molecular formula is C15H20O4. The Morgan fingerprint density at radius 3 is 2.32 bits per heavy atom. The molecule has 1 unspecified atom stereocenters. The van der Waals surface area contributed by atoms with Crippen molar-refractivity contribution in [3.8, 4) is 5.75 Å². The molecule has 2 rings (SSSR count). The topological polar surface area (TPSA) is 44.8 Å². The highest BCUT2D eigenvalue weighted by molar-refractivity contribution is 5.82. The average molecular weight is 264 g/mol. The van der Waals surface area contributed by atoms with E-state index in [0.29, 0.717) is 6.61 Å². The first-order valence-electron chi connectivity index (χ1n) is 6.56. The number of methoxy groups -OCH3 is 2. The summed E-state index contributed by atoms with van der Waals surface area (Å²) in [5.41, 5.74) is -0.140. The summed E-state index contributed by atoms with van der Waals surface area (Å²) in [7, 11) is 3.18. The van der Waals surface area contributed by atoms with E-state index >= 15 is 0 Å². The summed E-state index contributed by atoms with van der Waals surface area (Å²) in [6.45, 7) is 2.16. The summed E-state index contributed by atoms with van der Waals surface area (Å²) in [6, 6.07) is 7.42. The number of hydrogen-bond donors (Lipinski definition) is 0. The van der Waals surface area contributed by atoms with Gasteiger partial charge in [-0.2, -0.15) is 0 Å². The second kappa shape index (κ2) is 5.61. The van der Waals surface area contributed by atoms with Crippen molar-refractivity contribution in [3.05, 3.63) is 29.8 Å². The van der Waals surface area contributed by atoms with Gasteiger partial charge in [0, 0.05) is 13.0 Å². The number of hydrogen-bond acceptors (Lipinski definition) is 4. The van der Waals surface area contributed by atoms with Gasteiger partial charge in [0.25, 0.3) is 0 Å². The molecule has 0 N–H and O–H groups in total. The van der Waals surface area contributed by atoms with Gasteiger partial charge >= 0.3 is 5.97 Å². The molecule has 0 aromatic heterocycles. The van der Waals surface area contributed by atoms with Crippen LogP contribution in [0.15, 0.2) is 24.3 Å². The molecule has 1 aliphatic carbocycles. The quantitative estimate of drug-likeness (QED) is 0.741. The normalized spacial score (nSPS) is 17.6. The van der Waals surface area contributed by atoms with Crippen LogP contribution in [-0.4, -0.2) is 26.8 Å². The fourth-order valence-corrected chi connectivity index (χ4v) is 2.45. The van der Waals surface area contributed by atoms with Crippen LogP contribution in [-0.2, 0) is 19.9 Å². The molecule has 0 amide bonds. The third kappa shape index (κ3) is 2.45. The summed E-state index contributed by atoms with van der Waals surface area (Å²) < 4.78 is 16.0. The van der Waals surface area contributed by atoms with Gasteiger partial charge in [0.1, 0.15) is 5.75 Å². The third-order valence-corrected chi connectivity index (χ3v) is 3.57. The van der Waals surface area contributed by atoms with Gasteiger partial charge in [-0.25, -0.2) is 4.79 Å². The van der Waals surface area contributed by atoms with Crippen LogP contribution in [0.3, 0.4) is 0 Å². The van der Waals surface area contributed by atoms with E-state index in [1.165, 1.54) is 0 Å². The molecule has 0 radical (unpaired) electrons. The molecule has 4 heteroatoms. The first kappa shape index (κ1) is 13.9. The van der Waals surface area contributed by atoms with Crippen molar-refractivity contribution in [1.29, 1.82) is 0 Å². The van der Waals surface area contributed by atoms with Gasteiger partial charge in [-0.1, -0.05) is 12.1 Å². The first-order chi connectivity index (χ1) is 9.18. The van der Waals surface area contributed by atoms with Crippen molar-refractivity contribution in [1.82, 2.24) is 0 Å². The Bertz CT molecular complexity index is 436. The zero-order valence-electron chi connectivity index (χ0n) is 11.6. The zero-order chi connectivity index (χ0) is 13.9. The molecule has 104 valence electrons. The van der Waals surface area contributed by atoms with Crippen LogP contribution in [0.4, 0.5) is 0 Å². The van der Waals surface area contributed by atoms with Crippen LogP contribution < -0.4 is 4.74 Å². The fraction of sp³-hybridized carbons (Fsp3) is 0.533. The van der Waals surface area contributed by atoms with Gasteiger partial charge in [-0.3, -0.25) is 0 Å². The lowest BCUT2D eigenvalue weighted by atomic mass is 9.88. The summed E-state index contributed by atoms with van der Waals surface area (Å²) in [4.78, 5) is 12.4. The Morgan fingerprint density at radius 2 is 1.89 bits per heavy atom. The average Bonchev–Trinajstić information content (AvgIpc) is 3.26. The van der Waals surface area contributed by atoms with Crippen LogP contribution in [0, 0.1) is 5.92 Å². The summed E-state index contributed by atoms with van der Waals surface area (Å²) >= 11 is 0. The second-order valence-electron chi connectivity index (χ2n) is 4.66. The molecule has 1 aliphatic rings. The molecular weight excluding hydrogens is 244 g/mol. The molecule has 1 fully saturated rings. The first-order valence-corrected chi connectivity index (χ1v) is 6.56. The Kier molecular flexibility index (Phi) is 4.10. The zero-order valence-corrected chi connectivity index (χ0v) is 11.6. The predicted molar refractivity (Wildman–Crippen MR) is 71.0 cm³/mol. The smallest absolute Gasteiger partial charge is 0.343 e. The standard InChI is InChI=1S/C15H20O4/c1-4-19-14(16)15(18-3,11-5-6-11)12-7-9-13(17-2)10-8-12/h7-11H,4-6H2,1-3H3. The lowest BCUT2D eigenvalue weighted by Gasteiger charge is -2.30. The molecule has 1 atom stereocenters. The minimum absolute atomic E-state index is 0.199. The number of carbonyl (C=O) groups is 1. The van der Waals surface area contributed by atoms with Crippen molar-refractivity contribution in [3.63, 3.8) is 0 Å². The maximum Gasteiger partial charge on any atom is 0.343 e. The predicted octanol–water partition coefficient (Wildman–Crippen LogP) is 2.51. The van der Waals surface area contributed by atoms with Crippen LogP contribution in [0.5, 0.6) is 5.75 Å². The van der Waals surface area contributed by atoms with Gasteiger partial charge in [0.15, 0.2) is 5.60 Å². The van der Waals surface area contributed by atoms with E-state index < -0.39 is 5.60 Å². The van der Waals surface area contributed by atoms with Gasteiger partial charge in [-0.05, 0) is 37.5 Å². The minimum Gasteiger partial charge on any atom is -0.497 e. The van der Waals surface area contributed by atoms with Crippen LogP contribution >= 0.6 is 0 Å². The van der Waals surface area contributed by atoms with Gasteiger partial charge in [-0.15, -0.1) is 0 Å². The van der Waals surface area contributed by atoms with Gasteiger partial charge in [0.05, 0.1) is 13.7 Å². The molecule has 19 heavy (non-hydrogen) atoms. The third-order valence-electron chi connectivity index (χ3n) is 3.57. The largest absolute Gasteiger partial charge is 0.497 e. The highest BCUT2D eigenvalue weighted by Gasteiger charge is 2.54. The van der Waals surface area contributed by atoms with E-state index in [4.69, 9.17) is 14.2 Å². The highest BCUT2D eigenvalue weighted by atomic mass is 16.6. The van der Waals surface area contributed by atoms with E-state index in [0.717, 1.165) is 24.2 Å². The minimum atomic E-state index is -0.970.